The zero-order valence-corrected chi connectivity index (χ0v) is 10.4. The van der Waals surface area contributed by atoms with E-state index < -0.39 is 18.0 Å². The molecule has 0 fully saturated rings. The number of carboxylic acids is 1. The van der Waals surface area contributed by atoms with Crippen LogP contribution in [0.15, 0.2) is 4.52 Å². The summed E-state index contributed by atoms with van der Waals surface area (Å²) in [7, 11) is 0. The van der Waals surface area contributed by atoms with Gasteiger partial charge in [0.05, 0.1) is 6.54 Å². The SMILES string of the molecule is Cc1noc(CNC(=O)NC(C(=O)O)C(C)C)n1. The molecule has 0 aromatic carbocycles. The predicted molar refractivity (Wildman–Crippen MR) is 60.7 cm³/mol. The monoisotopic (exact) mass is 256 g/mol. The molecule has 0 aliphatic heterocycles. The number of aryl methyl sites for hydroxylation is 1. The normalized spacial score (nSPS) is 12.2. The molecule has 100 valence electrons. The van der Waals surface area contributed by atoms with Crippen molar-refractivity contribution in [1.82, 2.24) is 20.8 Å². The van der Waals surface area contributed by atoms with Crippen molar-refractivity contribution in [3.05, 3.63) is 11.7 Å². The van der Waals surface area contributed by atoms with Crippen LogP contribution in [0.5, 0.6) is 0 Å². The van der Waals surface area contributed by atoms with Gasteiger partial charge in [-0.25, -0.2) is 9.59 Å². The summed E-state index contributed by atoms with van der Waals surface area (Å²) >= 11 is 0. The lowest BCUT2D eigenvalue weighted by Gasteiger charge is -2.17. The Morgan fingerprint density at radius 1 is 1.44 bits per heavy atom. The third-order valence-corrected chi connectivity index (χ3v) is 2.19. The van der Waals surface area contributed by atoms with Crippen LogP contribution in [0.1, 0.15) is 25.6 Å². The summed E-state index contributed by atoms with van der Waals surface area (Å²) in [6.45, 7) is 5.13. The number of hydrogen-bond donors (Lipinski definition) is 3. The molecule has 1 unspecified atom stereocenters. The number of nitrogens with zero attached hydrogens (tertiary/aromatic N) is 2. The van der Waals surface area contributed by atoms with Crippen LogP contribution in [0.2, 0.25) is 0 Å². The molecule has 0 saturated heterocycles. The van der Waals surface area contributed by atoms with E-state index >= 15 is 0 Å². The molecule has 3 N–H and O–H groups in total. The van der Waals surface area contributed by atoms with Gasteiger partial charge in [-0.2, -0.15) is 4.98 Å². The molecule has 1 aromatic rings. The first-order chi connectivity index (χ1) is 8.40. The topological polar surface area (TPSA) is 117 Å². The zero-order valence-electron chi connectivity index (χ0n) is 10.4. The fraction of sp³-hybridized carbons (Fsp3) is 0.600. The highest BCUT2D eigenvalue weighted by Gasteiger charge is 2.23. The molecule has 1 rings (SSSR count). The number of aliphatic carboxylic acids is 1. The van der Waals surface area contributed by atoms with Gasteiger partial charge in [-0.15, -0.1) is 0 Å². The molecule has 0 aliphatic carbocycles. The lowest BCUT2D eigenvalue weighted by Crippen LogP contribution is -2.48. The number of nitrogens with one attached hydrogen (secondary N) is 2. The van der Waals surface area contributed by atoms with Crippen LogP contribution in [0, 0.1) is 12.8 Å². The van der Waals surface area contributed by atoms with E-state index in [1.165, 1.54) is 0 Å². The molecule has 0 radical (unpaired) electrons. The minimum atomic E-state index is -1.08. The van der Waals surface area contributed by atoms with E-state index in [1.807, 2.05) is 0 Å². The standard InChI is InChI=1S/C10H16N4O4/c1-5(2)8(9(15)16)13-10(17)11-4-7-12-6(3)14-18-7/h5,8H,4H2,1-3H3,(H,15,16)(H2,11,13,17). The van der Waals surface area contributed by atoms with E-state index in [9.17, 15) is 9.59 Å². The molecule has 1 atom stereocenters. The second-order valence-electron chi connectivity index (χ2n) is 4.12. The average molecular weight is 256 g/mol. The number of amides is 2. The molecule has 0 saturated carbocycles. The van der Waals surface area contributed by atoms with E-state index in [0.717, 1.165) is 0 Å². The van der Waals surface area contributed by atoms with Gasteiger partial charge in [0, 0.05) is 0 Å². The Hall–Kier alpha value is -2.12. The van der Waals surface area contributed by atoms with Gasteiger partial charge < -0.3 is 20.3 Å². The van der Waals surface area contributed by atoms with Crippen molar-refractivity contribution >= 4 is 12.0 Å². The predicted octanol–water partition coefficient (Wildman–Crippen LogP) is 0.286. The summed E-state index contributed by atoms with van der Waals surface area (Å²) in [6.07, 6.45) is 0. The summed E-state index contributed by atoms with van der Waals surface area (Å²) in [5.41, 5.74) is 0. The molecule has 1 aromatic heterocycles. The zero-order chi connectivity index (χ0) is 13.7. The summed E-state index contributed by atoms with van der Waals surface area (Å²) in [5, 5.41) is 17.3. The Morgan fingerprint density at radius 2 is 2.11 bits per heavy atom. The Kier molecular flexibility index (Phi) is 4.64. The highest BCUT2D eigenvalue weighted by atomic mass is 16.5. The summed E-state index contributed by atoms with van der Waals surface area (Å²) in [4.78, 5) is 26.2. The smallest absolute Gasteiger partial charge is 0.326 e. The highest BCUT2D eigenvalue weighted by Crippen LogP contribution is 2.01. The van der Waals surface area contributed by atoms with Crippen molar-refractivity contribution in [2.24, 2.45) is 5.92 Å². The molecular weight excluding hydrogens is 240 g/mol. The molecular formula is C10H16N4O4. The number of rotatable bonds is 5. The van der Waals surface area contributed by atoms with Crippen LogP contribution in [-0.4, -0.2) is 33.3 Å². The molecule has 8 heteroatoms. The molecule has 8 nitrogen and oxygen atoms in total. The number of urea groups is 1. The fourth-order valence-electron chi connectivity index (χ4n) is 1.27. The van der Waals surface area contributed by atoms with Crippen molar-refractivity contribution in [3.63, 3.8) is 0 Å². The highest BCUT2D eigenvalue weighted by molar-refractivity contribution is 5.82. The molecule has 2 amide bonds. The van der Waals surface area contributed by atoms with E-state index in [1.54, 1.807) is 20.8 Å². The van der Waals surface area contributed by atoms with Gasteiger partial charge >= 0.3 is 12.0 Å². The third-order valence-electron chi connectivity index (χ3n) is 2.19. The molecule has 0 spiro atoms. The second kappa shape index (κ2) is 5.99. The number of carbonyl (C=O) groups is 2. The largest absolute Gasteiger partial charge is 0.480 e. The number of aromatic nitrogens is 2. The van der Waals surface area contributed by atoms with Crippen molar-refractivity contribution in [2.45, 2.75) is 33.4 Å². The van der Waals surface area contributed by atoms with Crippen LogP contribution >= 0.6 is 0 Å². The number of carboxylic acid groups (broad SMARTS) is 1. The van der Waals surface area contributed by atoms with Gasteiger partial charge in [-0.3, -0.25) is 0 Å². The van der Waals surface area contributed by atoms with Gasteiger partial charge in [0.2, 0.25) is 5.89 Å². The molecule has 0 bridgehead atoms. The van der Waals surface area contributed by atoms with Gasteiger partial charge in [0.15, 0.2) is 5.82 Å². The van der Waals surface area contributed by atoms with Gasteiger partial charge in [0.25, 0.3) is 0 Å². The lowest BCUT2D eigenvalue weighted by atomic mass is 10.1. The third kappa shape index (κ3) is 4.04. The van der Waals surface area contributed by atoms with Crippen LogP contribution in [0.4, 0.5) is 4.79 Å². The maximum Gasteiger partial charge on any atom is 0.326 e. The first-order valence-electron chi connectivity index (χ1n) is 5.46. The Bertz CT molecular complexity index is 429. The quantitative estimate of drug-likeness (QED) is 0.696. The Labute approximate surface area is 104 Å². The minimum Gasteiger partial charge on any atom is -0.480 e. The summed E-state index contributed by atoms with van der Waals surface area (Å²) in [5.74, 6) is -0.551. The van der Waals surface area contributed by atoms with Crippen molar-refractivity contribution in [1.29, 1.82) is 0 Å². The Balaban J connectivity index is 2.43. The molecule has 1 heterocycles. The van der Waals surface area contributed by atoms with Gasteiger partial charge in [-0.1, -0.05) is 19.0 Å². The second-order valence-corrected chi connectivity index (χ2v) is 4.12. The molecule has 0 aliphatic rings. The first-order valence-corrected chi connectivity index (χ1v) is 5.46. The maximum atomic E-state index is 11.5. The van der Waals surface area contributed by atoms with Gasteiger partial charge in [0.1, 0.15) is 6.04 Å². The maximum absolute atomic E-state index is 11.5. The van der Waals surface area contributed by atoms with E-state index in [4.69, 9.17) is 9.63 Å². The minimum absolute atomic E-state index is 0.0527. The molecule has 18 heavy (non-hydrogen) atoms. The van der Waals surface area contributed by atoms with Crippen LogP contribution in [-0.2, 0) is 11.3 Å². The van der Waals surface area contributed by atoms with Gasteiger partial charge in [-0.05, 0) is 12.8 Å². The van der Waals surface area contributed by atoms with Crippen molar-refractivity contribution < 1.29 is 19.2 Å². The van der Waals surface area contributed by atoms with E-state index in [2.05, 4.69) is 20.8 Å². The first kappa shape index (κ1) is 13.9. The average Bonchev–Trinajstić information content (AvgIpc) is 2.68. The Morgan fingerprint density at radius 3 is 2.56 bits per heavy atom. The fourth-order valence-corrected chi connectivity index (χ4v) is 1.27. The summed E-state index contributed by atoms with van der Waals surface area (Å²) < 4.78 is 4.79. The van der Waals surface area contributed by atoms with Crippen molar-refractivity contribution in [3.8, 4) is 0 Å². The van der Waals surface area contributed by atoms with Crippen LogP contribution < -0.4 is 10.6 Å². The number of hydrogen-bond acceptors (Lipinski definition) is 5. The summed E-state index contributed by atoms with van der Waals surface area (Å²) in [6, 6.07) is -1.53. The lowest BCUT2D eigenvalue weighted by molar-refractivity contribution is -0.140. The van der Waals surface area contributed by atoms with E-state index in [-0.39, 0.29) is 18.4 Å². The van der Waals surface area contributed by atoms with E-state index in [0.29, 0.717) is 5.82 Å². The van der Waals surface area contributed by atoms with Crippen molar-refractivity contribution in [2.75, 3.05) is 0 Å². The van der Waals surface area contributed by atoms with Crippen LogP contribution in [0.3, 0.4) is 0 Å². The van der Waals surface area contributed by atoms with Crippen LogP contribution in [0.25, 0.3) is 0 Å². The number of carbonyl (C=O) groups excluding carboxylic acids is 1.